The van der Waals surface area contributed by atoms with Gasteiger partial charge in [0.2, 0.25) is 0 Å². The molecule has 0 spiro atoms. The summed E-state index contributed by atoms with van der Waals surface area (Å²) in [5.74, 6) is -0.864. The van der Waals surface area contributed by atoms with Crippen LogP contribution in [-0.4, -0.2) is 15.6 Å². The molecule has 3 aromatic rings. The van der Waals surface area contributed by atoms with E-state index in [2.05, 4.69) is 15.6 Å². The van der Waals surface area contributed by atoms with Gasteiger partial charge in [0.1, 0.15) is 17.5 Å². The summed E-state index contributed by atoms with van der Waals surface area (Å²) in [6, 6.07) is 9.96. The fourth-order valence-corrected chi connectivity index (χ4v) is 2.27. The highest BCUT2D eigenvalue weighted by Crippen LogP contribution is 2.15. The van der Waals surface area contributed by atoms with Gasteiger partial charge in [0.25, 0.3) is 0 Å². The predicted octanol–water partition coefficient (Wildman–Crippen LogP) is 3.17. The lowest BCUT2D eigenvalue weighted by Gasteiger charge is -2.08. The number of aromatic nitrogens is 2. The number of hydrogen-bond acceptors (Lipinski definition) is 2. The molecule has 0 fully saturated rings. The van der Waals surface area contributed by atoms with Gasteiger partial charge in [-0.15, -0.1) is 0 Å². The maximum atomic E-state index is 13.5. The molecule has 23 heavy (non-hydrogen) atoms. The molecule has 2 amide bonds. The van der Waals surface area contributed by atoms with E-state index >= 15 is 0 Å². The van der Waals surface area contributed by atoms with E-state index in [9.17, 15) is 13.6 Å². The Bertz CT molecular complexity index is 876. The first-order chi connectivity index (χ1) is 11.0. The number of carbonyl (C=O) groups is 1. The second-order valence-electron chi connectivity index (χ2n) is 5.01. The van der Waals surface area contributed by atoms with Crippen molar-refractivity contribution in [3.8, 4) is 0 Å². The number of nitrogens with one attached hydrogen (secondary N) is 2. The van der Waals surface area contributed by atoms with Gasteiger partial charge < -0.3 is 15.2 Å². The Morgan fingerprint density at radius 2 is 2.00 bits per heavy atom. The number of amides is 2. The minimum absolute atomic E-state index is 0.0890. The molecule has 0 bridgehead atoms. The van der Waals surface area contributed by atoms with E-state index in [1.807, 2.05) is 35.9 Å². The first-order valence-corrected chi connectivity index (χ1v) is 6.95. The Labute approximate surface area is 130 Å². The van der Waals surface area contributed by atoms with Crippen LogP contribution < -0.4 is 10.6 Å². The number of carbonyl (C=O) groups excluding carboxylic acids is 1. The maximum Gasteiger partial charge on any atom is 0.319 e. The van der Waals surface area contributed by atoms with Gasteiger partial charge in [-0.25, -0.2) is 18.6 Å². The number of anilines is 1. The van der Waals surface area contributed by atoms with Gasteiger partial charge in [0.05, 0.1) is 23.3 Å². The molecule has 0 aliphatic heterocycles. The van der Waals surface area contributed by atoms with Crippen LogP contribution in [0.15, 0.2) is 42.5 Å². The molecule has 0 atom stereocenters. The van der Waals surface area contributed by atoms with Crippen LogP contribution in [0.25, 0.3) is 11.0 Å². The number of rotatable bonds is 3. The number of benzene rings is 2. The first kappa shape index (κ1) is 15.0. The number of hydrogen-bond donors (Lipinski definition) is 2. The first-order valence-electron chi connectivity index (χ1n) is 6.95. The Kier molecular flexibility index (Phi) is 3.92. The molecule has 0 saturated carbocycles. The largest absolute Gasteiger partial charge is 0.331 e. The molecular formula is C16H14F2N4O. The predicted molar refractivity (Wildman–Crippen MR) is 82.9 cm³/mol. The fourth-order valence-electron chi connectivity index (χ4n) is 2.27. The van der Waals surface area contributed by atoms with Crippen molar-refractivity contribution >= 4 is 22.8 Å². The van der Waals surface area contributed by atoms with Gasteiger partial charge in [-0.2, -0.15) is 0 Å². The van der Waals surface area contributed by atoms with Crippen LogP contribution in [0, 0.1) is 11.6 Å². The SMILES string of the molecule is Cn1c(CNC(=O)Nc2ccc(F)cc2F)nc2ccccc21. The van der Waals surface area contributed by atoms with E-state index < -0.39 is 17.7 Å². The van der Waals surface area contributed by atoms with E-state index in [0.717, 1.165) is 17.1 Å². The van der Waals surface area contributed by atoms with Crippen molar-refractivity contribution in [2.45, 2.75) is 6.54 Å². The topological polar surface area (TPSA) is 59.0 Å². The van der Waals surface area contributed by atoms with Crippen LogP contribution >= 0.6 is 0 Å². The van der Waals surface area contributed by atoms with Crippen molar-refractivity contribution < 1.29 is 13.6 Å². The van der Waals surface area contributed by atoms with Crippen molar-refractivity contribution in [3.05, 3.63) is 59.9 Å². The maximum absolute atomic E-state index is 13.5. The van der Waals surface area contributed by atoms with Crippen molar-refractivity contribution in [1.82, 2.24) is 14.9 Å². The van der Waals surface area contributed by atoms with Crippen molar-refractivity contribution in [1.29, 1.82) is 0 Å². The Hall–Kier alpha value is -2.96. The van der Waals surface area contributed by atoms with Gasteiger partial charge >= 0.3 is 6.03 Å². The lowest BCUT2D eigenvalue weighted by atomic mass is 10.3. The van der Waals surface area contributed by atoms with E-state index in [-0.39, 0.29) is 12.2 Å². The molecule has 5 nitrogen and oxygen atoms in total. The zero-order valence-corrected chi connectivity index (χ0v) is 12.3. The highest BCUT2D eigenvalue weighted by Gasteiger charge is 2.10. The third-order valence-corrected chi connectivity index (χ3v) is 3.47. The van der Waals surface area contributed by atoms with Gasteiger partial charge in [-0.05, 0) is 24.3 Å². The van der Waals surface area contributed by atoms with Gasteiger partial charge in [0, 0.05) is 13.1 Å². The highest BCUT2D eigenvalue weighted by atomic mass is 19.1. The van der Waals surface area contributed by atoms with Crippen LogP contribution in [0.4, 0.5) is 19.3 Å². The zero-order valence-electron chi connectivity index (χ0n) is 12.3. The molecule has 118 valence electrons. The second-order valence-corrected chi connectivity index (χ2v) is 5.01. The molecular weight excluding hydrogens is 302 g/mol. The Morgan fingerprint density at radius 3 is 2.74 bits per heavy atom. The average Bonchev–Trinajstić information content (AvgIpc) is 2.85. The standard InChI is InChI=1S/C16H14F2N4O/c1-22-14-5-3-2-4-13(14)20-15(22)9-19-16(23)21-12-7-6-10(17)8-11(12)18/h2-8H,9H2,1H3,(H2,19,21,23). The van der Waals surface area contributed by atoms with E-state index in [1.165, 1.54) is 6.07 Å². The molecule has 2 N–H and O–H groups in total. The molecule has 2 aromatic carbocycles. The quantitative estimate of drug-likeness (QED) is 0.780. The van der Waals surface area contributed by atoms with E-state index in [0.29, 0.717) is 11.9 Å². The van der Waals surface area contributed by atoms with Crippen LogP contribution in [0.1, 0.15) is 5.82 Å². The van der Waals surface area contributed by atoms with Crippen molar-refractivity contribution in [2.24, 2.45) is 7.05 Å². The van der Waals surface area contributed by atoms with E-state index in [1.54, 1.807) is 0 Å². The number of fused-ring (bicyclic) bond motifs is 1. The number of nitrogens with zero attached hydrogens (tertiary/aromatic N) is 2. The lowest BCUT2D eigenvalue weighted by molar-refractivity contribution is 0.251. The summed E-state index contributed by atoms with van der Waals surface area (Å²) in [4.78, 5) is 16.2. The molecule has 3 rings (SSSR count). The average molecular weight is 316 g/mol. The molecule has 0 aliphatic rings. The Balaban J connectivity index is 1.67. The summed E-state index contributed by atoms with van der Waals surface area (Å²) in [7, 11) is 1.85. The third-order valence-electron chi connectivity index (χ3n) is 3.47. The minimum atomic E-state index is -0.831. The Morgan fingerprint density at radius 1 is 1.22 bits per heavy atom. The summed E-state index contributed by atoms with van der Waals surface area (Å²) in [5, 5.41) is 4.93. The molecule has 7 heteroatoms. The summed E-state index contributed by atoms with van der Waals surface area (Å²) in [5.41, 5.74) is 1.69. The van der Waals surface area contributed by atoms with Crippen LogP contribution in [-0.2, 0) is 13.6 Å². The minimum Gasteiger partial charge on any atom is -0.331 e. The summed E-state index contributed by atoms with van der Waals surface area (Å²) >= 11 is 0. The van der Waals surface area contributed by atoms with Crippen LogP contribution in [0.3, 0.4) is 0 Å². The number of para-hydroxylation sites is 2. The zero-order chi connectivity index (χ0) is 16.4. The molecule has 0 radical (unpaired) electrons. The van der Waals surface area contributed by atoms with E-state index in [4.69, 9.17) is 0 Å². The smallest absolute Gasteiger partial charge is 0.319 e. The van der Waals surface area contributed by atoms with Crippen molar-refractivity contribution in [2.75, 3.05) is 5.32 Å². The molecule has 1 heterocycles. The van der Waals surface area contributed by atoms with Crippen LogP contribution in [0.5, 0.6) is 0 Å². The number of urea groups is 1. The molecule has 1 aromatic heterocycles. The summed E-state index contributed by atoms with van der Waals surface area (Å²) < 4.78 is 28.2. The number of halogens is 2. The monoisotopic (exact) mass is 316 g/mol. The molecule has 0 saturated heterocycles. The third kappa shape index (κ3) is 3.13. The van der Waals surface area contributed by atoms with Crippen molar-refractivity contribution in [3.63, 3.8) is 0 Å². The fraction of sp³-hybridized carbons (Fsp3) is 0.125. The van der Waals surface area contributed by atoms with Gasteiger partial charge in [-0.1, -0.05) is 12.1 Å². The highest BCUT2D eigenvalue weighted by molar-refractivity contribution is 5.89. The summed E-state index contributed by atoms with van der Waals surface area (Å²) in [6.07, 6.45) is 0. The van der Waals surface area contributed by atoms with Crippen LogP contribution in [0.2, 0.25) is 0 Å². The number of imidazole rings is 1. The molecule has 0 unspecified atom stereocenters. The van der Waals surface area contributed by atoms with Gasteiger partial charge in [0.15, 0.2) is 0 Å². The normalized spacial score (nSPS) is 10.7. The summed E-state index contributed by atoms with van der Waals surface area (Å²) in [6.45, 7) is 0.180. The number of aryl methyl sites for hydroxylation is 1. The lowest BCUT2D eigenvalue weighted by Crippen LogP contribution is -2.29. The molecule has 0 aliphatic carbocycles. The van der Waals surface area contributed by atoms with Gasteiger partial charge in [-0.3, -0.25) is 0 Å². The second kappa shape index (κ2) is 6.04.